The van der Waals surface area contributed by atoms with Crippen LogP contribution in [0.5, 0.6) is 0 Å². The number of imidazole rings is 1. The summed E-state index contributed by atoms with van der Waals surface area (Å²) in [7, 11) is 0. The summed E-state index contributed by atoms with van der Waals surface area (Å²) in [6.45, 7) is 4.84. The van der Waals surface area contributed by atoms with Crippen molar-refractivity contribution in [3.8, 4) is 0 Å². The summed E-state index contributed by atoms with van der Waals surface area (Å²) in [6.07, 6.45) is 7.63. The smallest absolute Gasteiger partial charge is 0.271 e. The molecule has 2 heterocycles. The molecule has 6 nitrogen and oxygen atoms in total. The second-order valence-corrected chi connectivity index (χ2v) is 5.32. The Kier molecular flexibility index (Phi) is 4.90. The molecule has 0 radical (unpaired) electrons. The van der Waals surface area contributed by atoms with Crippen molar-refractivity contribution in [3.05, 3.63) is 30.4 Å². The van der Waals surface area contributed by atoms with Gasteiger partial charge in [0, 0.05) is 31.7 Å². The number of aromatic nitrogens is 3. The van der Waals surface area contributed by atoms with Crippen LogP contribution >= 0.6 is 0 Å². The Balaban J connectivity index is 2.06. The first-order chi connectivity index (χ1) is 10.1. The number of nitrogens with one attached hydrogen (secondary N) is 1. The topological polar surface area (TPSA) is 79.5 Å². The quantitative estimate of drug-likeness (QED) is 0.812. The molecule has 0 saturated carbocycles. The van der Waals surface area contributed by atoms with E-state index in [9.17, 15) is 9.90 Å². The highest BCUT2D eigenvalue weighted by molar-refractivity contribution is 5.92. The van der Waals surface area contributed by atoms with Gasteiger partial charge in [-0.3, -0.25) is 9.20 Å². The Morgan fingerprint density at radius 2 is 2.19 bits per heavy atom. The Hall–Kier alpha value is -1.95. The molecule has 0 aliphatic heterocycles. The summed E-state index contributed by atoms with van der Waals surface area (Å²) in [5.41, 5.74) is 0.306. The van der Waals surface area contributed by atoms with Crippen LogP contribution in [0.25, 0.3) is 5.78 Å². The van der Waals surface area contributed by atoms with E-state index in [0.29, 0.717) is 24.4 Å². The first-order valence-electron chi connectivity index (χ1n) is 7.33. The van der Waals surface area contributed by atoms with Gasteiger partial charge in [0.1, 0.15) is 5.69 Å². The Labute approximate surface area is 124 Å². The van der Waals surface area contributed by atoms with E-state index in [0.717, 1.165) is 12.8 Å². The number of carbonyl (C=O) groups excluding carboxylic acids is 1. The number of carbonyl (C=O) groups is 1. The first-order valence-corrected chi connectivity index (χ1v) is 7.33. The van der Waals surface area contributed by atoms with Gasteiger partial charge in [-0.25, -0.2) is 9.97 Å². The number of aliphatic hydroxyl groups excluding tert-OH is 1. The SMILES string of the molecule is CCC(CC)(CCO)CNC(=O)c1cn2cccnc2n1. The average Bonchev–Trinajstić information content (AvgIpc) is 2.95. The van der Waals surface area contributed by atoms with Crippen molar-refractivity contribution in [3.63, 3.8) is 0 Å². The van der Waals surface area contributed by atoms with E-state index >= 15 is 0 Å². The number of rotatable bonds is 7. The second kappa shape index (κ2) is 6.67. The van der Waals surface area contributed by atoms with Crippen LogP contribution in [0.15, 0.2) is 24.7 Å². The monoisotopic (exact) mass is 290 g/mol. The minimum absolute atomic E-state index is 0.0538. The molecule has 0 fully saturated rings. The van der Waals surface area contributed by atoms with E-state index in [4.69, 9.17) is 0 Å². The van der Waals surface area contributed by atoms with Gasteiger partial charge in [-0.15, -0.1) is 0 Å². The van der Waals surface area contributed by atoms with Gasteiger partial charge in [0.05, 0.1) is 0 Å². The lowest BCUT2D eigenvalue weighted by atomic mass is 9.79. The molecule has 21 heavy (non-hydrogen) atoms. The van der Waals surface area contributed by atoms with Crippen molar-refractivity contribution in [2.45, 2.75) is 33.1 Å². The molecule has 1 amide bonds. The van der Waals surface area contributed by atoms with Crippen LogP contribution in [0, 0.1) is 5.41 Å². The lowest BCUT2D eigenvalue weighted by Gasteiger charge is -2.31. The predicted molar refractivity (Wildman–Crippen MR) is 80.0 cm³/mol. The summed E-state index contributed by atoms with van der Waals surface area (Å²) >= 11 is 0. The molecule has 0 aromatic carbocycles. The molecular formula is C15H22N4O2. The van der Waals surface area contributed by atoms with Crippen molar-refractivity contribution in [2.24, 2.45) is 5.41 Å². The standard InChI is InChI=1S/C15H22N4O2/c1-3-15(4-2,6-9-20)11-17-13(21)12-10-19-8-5-7-16-14(19)18-12/h5,7-8,10,20H,3-4,6,9,11H2,1-2H3,(H,17,21). The number of hydrogen-bond donors (Lipinski definition) is 2. The van der Waals surface area contributed by atoms with Crippen LogP contribution in [0.3, 0.4) is 0 Å². The van der Waals surface area contributed by atoms with Gasteiger partial charge in [0.25, 0.3) is 5.91 Å². The van der Waals surface area contributed by atoms with Gasteiger partial charge in [-0.2, -0.15) is 0 Å². The Morgan fingerprint density at radius 3 is 2.81 bits per heavy atom. The minimum atomic E-state index is -0.204. The third-order valence-corrected chi connectivity index (χ3v) is 4.23. The number of nitrogens with zero attached hydrogens (tertiary/aromatic N) is 3. The van der Waals surface area contributed by atoms with Crippen LogP contribution in [0.4, 0.5) is 0 Å². The maximum Gasteiger partial charge on any atom is 0.271 e. The molecule has 2 N–H and O–H groups in total. The molecule has 0 aliphatic rings. The normalized spacial score (nSPS) is 11.8. The summed E-state index contributed by atoms with van der Waals surface area (Å²) in [5, 5.41) is 12.1. The summed E-state index contributed by atoms with van der Waals surface area (Å²) in [5.74, 6) is 0.306. The molecule has 2 aromatic heterocycles. The third kappa shape index (κ3) is 3.39. The summed E-state index contributed by atoms with van der Waals surface area (Å²) < 4.78 is 1.72. The average molecular weight is 290 g/mol. The van der Waals surface area contributed by atoms with Crippen LogP contribution in [0.1, 0.15) is 43.6 Å². The van der Waals surface area contributed by atoms with Crippen molar-refractivity contribution in [1.82, 2.24) is 19.7 Å². The molecule has 2 rings (SSSR count). The van der Waals surface area contributed by atoms with E-state index in [1.165, 1.54) is 0 Å². The van der Waals surface area contributed by atoms with Crippen LogP contribution < -0.4 is 5.32 Å². The van der Waals surface area contributed by atoms with E-state index in [-0.39, 0.29) is 17.9 Å². The van der Waals surface area contributed by atoms with E-state index in [2.05, 4.69) is 29.1 Å². The summed E-state index contributed by atoms with van der Waals surface area (Å²) in [6, 6.07) is 1.79. The second-order valence-electron chi connectivity index (χ2n) is 5.32. The maximum atomic E-state index is 12.2. The number of hydrogen-bond acceptors (Lipinski definition) is 4. The molecule has 0 saturated heterocycles. The molecule has 2 aromatic rings. The van der Waals surface area contributed by atoms with Gasteiger partial charge in [0.15, 0.2) is 0 Å². The third-order valence-electron chi connectivity index (χ3n) is 4.23. The largest absolute Gasteiger partial charge is 0.396 e. The number of fused-ring (bicyclic) bond motifs is 1. The fraction of sp³-hybridized carbons (Fsp3) is 0.533. The highest BCUT2D eigenvalue weighted by Crippen LogP contribution is 2.29. The molecule has 114 valence electrons. The lowest BCUT2D eigenvalue weighted by Crippen LogP contribution is -2.37. The van der Waals surface area contributed by atoms with Gasteiger partial charge in [-0.05, 0) is 30.7 Å². The summed E-state index contributed by atoms with van der Waals surface area (Å²) in [4.78, 5) is 20.5. The molecule has 6 heteroatoms. The van der Waals surface area contributed by atoms with Gasteiger partial charge >= 0.3 is 0 Å². The Bertz CT molecular complexity index is 571. The van der Waals surface area contributed by atoms with E-state index in [1.54, 1.807) is 29.1 Å². The predicted octanol–water partition coefficient (Wildman–Crippen LogP) is 1.65. The minimum Gasteiger partial charge on any atom is -0.396 e. The van der Waals surface area contributed by atoms with Crippen molar-refractivity contribution in [2.75, 3.05) is 13.2 Å². The van der Waals surface area contributed by atoms with Crippen LogP contribution in [0.2, 0.25) is 0 Å². The van der Waals surface area contributed by atoms with Crippen LogP contribution in [-0.2, 0) is 0 Å². The zero-order chi connectivity index (χ0) is 15.3. The number of aliphatic hydroxyl groups is 1. The molecule has 0 atom stereocenters. The lowest BCUT2D eigenvalue weighted by molar-refractivity contribution is 0.0903. The van der Waals surface area contributed by atoms with Crippen LogP contribution in [-0.4, -0.2) is 38.5 Å². The zero-order valence-corrected chi connectivity index (χ0v) is 12.5. The first kappa shape index (κ1) is 15.4. The fourth-order valence-electron chi connectivity index (χ4n) is 2.48. The molecule has 0 spiro atoms. The van der Waals surface area contributed by atoms with Crippen molar-refractivity contribution < 1.29 is 9.90 Å². The molecule has 0 aliphatic carbocycles. The molecule has 0 bridgehead atoms. The molecular weight excluding hydrogens is 268 g/mol. The zero-order valence-electron chi connectivity index (χ0n) is 12.5. The van der Waals surface area contributed by atoms with Crippen molar-refractivity contribution in [1.29, 1.82) is 0 Å². The highest BCUT2D eigenvalue weighted by atomic mass is 16.3. The van der Waals surface area contributed by atoms with Crippen molar-refractivity contribution >= 4 is 11.7 Å². The van der Waals surface area contributed by atoms with Gasteiger partial charge in [0.2, 0.25) is 5.78 Å². The van der Waals surface area contributed by atoms with E-state index < -0.39 is 0 Å². The van der Waals surface area contributed by atoms with Gasteiger partial charge < -0.3 is 10.4 Å². The maximum absolute atomic E-state index is 12.2. The Morgan fingerprint density at radius 1 is 1.43 bits per heavy atom. The van der Waals surface area contributed by atoms with Gasteiger partial charge in [-0.1, -0.05) is 13.8 Å². The number of amides is 1. The molecule has 0 unspecified atom stereocenters. The van der Waals surface area contributed by atoms with E-state index in [1.807, 2.05) is 0 Å². The fourth-order valence-corrected chi connectivity index (χ4v) is 2.48. The highest BCUT2D eigenvalue weighted by Gasteiger charge is 2.26.